The molecule has 1 aliphatic heterocycles. The van der Waals surface area contributed by atoms with Crippen LogP contribution in [0, 0.1) is 0 Å². The summed E-state index contributed by atoms with van der Waals surface area (Å²) in [5.41, 5.74) is 1.75. The second-order valence-corrected chi connectivity index (χ2v) is 7.67. The number of nitrogens with zero attached hydrogens (tertiary/aromatic N) is 1. The summed E-state index contributed by atoms with van der Waals surface area (Å²) >= 11 is 3.49. The highest BCUT2D eigenvalue weighted by molar-refractivity contribution is 8.38. The lowest BCUT2D eigenvalue weighted by atomic mass is 10.1. The average molecular weight is 373 g/mol. The molecule has 2 aromatic carbocycles. The molecule has 0 spiro atoms. The molecule has 0 radical (unpaired) electrons. The van der Waals surface area contributed by atoms with E-state index in [1.54, 1.807) is 23.5 Å². The molecule has 0 aliphatic carbocycles. The third-order valence-electron chi connectivity index (χ3n) is 3.57. The highest BCUT2D eigenvalue weighted by Gasteiger charge is 2.13. The number of carbonyl (C=O) groups is 1. The van der Waals surface area contributed by atoms with Gasteiger partial charge in [-0.3, -0.25) is 9.79 Å². The minimum atomic E-state index is -0.0612. The van der Waals surface area contributed by atoms with Crippen LogP contribution >= 0.6 is 23.5 Å². The summed E-state index contributed by atoms with van der Waals surface area (Å²) in [7, 11) is 0. The summed E-state index contributed by atoms with van der Waals surface area (Å²) in [6.07, 6.45) is 0. The smallest absolute Gasteiger partial charge is 0.251 e. The fourth-order valence-electron chi connectivity index (χ4n) is 2.36. The molecular weight excluding hydrogens is 352 g/mol. The Bertz CT molecular complexity index is 735. The number of hydrogen-bond acceptors (Lipinski definition) is 5. The van der Waals surface area contributed by atoms with Gasteiger partial charge in [0.2, 0.25) is 0 Å². The Morgan fingerprint density at radius 2 is 1.96 bits per heavy atom. The van der Waals surface area contributed by atoms with Crippen molar-refractivity contribution in [2.45, 2.75) is 5.75 Å². The Balaban J connectivity index is 1.49. The Hall–Kier alpha value is -1.92. The highest BCUT2D eigenvalue weighted by Crippen LogP contribution is 2.26. The molecule has 0 saturated carbocycles. The first-order valence-electron chi connectivity index (χ1n) is 8.17. The van der Waals surface area contributed by atoms with Gasteiger partial charge in [0.05, 0.1) is 13.1 Å². The molecule has 6 heteroatoms. The number of thioether (sulfide) groups is 2. The molecule has 4 nitrogen and oxygen atoms in total. The maximum absolute atomic E-state index is 12.5. The van der Waals surface area contributed by atoms with E-state index in [2.05, 4.69) is 10.3 Å². The van der Waals surface area contributed by atoms with Crippen LogP contribution in [0.4, 0.5) is 0 Å². The second-order valence-electron chi connectivity index (χ2n) is 5.36. The van der Waals surface area contributed by atoms with Gasteiger partial charge in [0, 0.05) is 17.1 Å². The van der Waals surface area contributed by atoms with Crippen LogP contribution in [0.3, 0.4) is 0 Å². The monoisotopic (exact) mass is 372 g/mol. The van der Waals surface area contributed by atoms with Crippen molar-refractivity contribution in [2.24, 2.45) is 4.99 Å². The second kappa shape index (κ2) is 9.53. The first kappa shape index (κ1) is 17.9. The van der Waals surface area contributed by atoms with Crippen molar-refractivity contribution in [3.63, 3.8) is 0 Å². The largest absolute Gasteiger partial charge is 0.492 e. The fourth-order valence-corrected chi connectivity index (χ4v) is 4.37. The molecule has 0 bridgehead atoms. The SMILES string of the molecule is O=C(NCCOc1ccccc1)c1ccccc1CSC1=NCCS1. The van der Waals surface area contributed by atoms with Crippen LogP contribution in [0.25, 0.3) is 0 Å². The minimum absolute atomic E-state index is 0.0612. The predicted molar refractivity (Wildman–Crippen MR) is 107 cm³/mol. The predicted octanol–water partition coefficient (Wildman–Crippen LogP) is 3.83. The van der Waals surface area contributed by atoms with E-state index in [0.717, 1.165) is 39.3 Å². The van der Waals surface area contributed by atoms with Gasteiger partial charge in [-0.1, -0.05) is 59.9 Å². The lowest BCUT2D eigenvalue weighted by molar-refractivity contribution is 0.0946. The van der Waals surface area contributed by atoms with Crippen molar-refractivity contribution < 1.29 is 9.53 Å². The number of benzene rings is 2. The molecule has 0 aromatic heterocycles. The van der Waals surface area contributed by atoms with Crippen LogP contribution in [-0.2, 0) is 5.75 Å². The van der Waals surface area contributed by atoms with Gasteiger partial charge < -0.3 is 10.1 Å². The van der Waals surface area contributed by atoms with Gasteiger partial charge in [0.1, 0.15) is 16.7 Å². The summed E-state index contributed by atoms with van der Waals surface area (Å²) in [5.74, 6) is 2.57. The molecule has 1 aliphatic rings. The summed E-state index contributed by atoms with van der Waals surface area (Å²) in [5, 5.41) is 2.93. The number of carbonyl (C=O) groups excluding carboxylic acids is 1. The van der Waals surface area contributed by atoms with Crippen molar-refractivity contribution >= 4 is 33.8 Å². The lowest BCUT2D eigenvalue weighted by Gasteiger charge is -2.11. The van der Waals surface area contributed by atoms with Crippen molar-refractivity contribution in [3.05, 3.63) is 65.7 Å². The molecule has 130 valence electrons. The lowest BCUT2D eigenvalue weighted by Crippen LogP contribution is -2.28. The molecule has 0 saturated heterocycles. The first-order chi connectivity index (χ1) is 12.3. The number of nitrogens with one attached hydrogen (secondary N) is 1. The van der Waals surface area contributed by atoms with Gasteiger partial charge in [-0.25, -0.2) is 0 Å². The molecular formula is C19H20N2O2S2. The van der Waals surface area contributed by atoms with E-state index in [1.807, 2.05) is 54.6 Å². The van der Waals surface area contributed by atoms with Gasteiger partial charge in [-0.2, -0.15) is 0 Å². The van der Waals surface area contributed by atoms with Crippen molar-refractivity contribution in [2.75, 3.05) is 25.4 Å². The minimum Gasteiger partial charge on any atom is -0.492 e. The first-order valence-corrected chi connectivity index (χ1v) is 10.1. The number of aliphatic imine (C=N–C) groups is 1. The van der Waals surface area contributed by atoms with E-state index in [0.29, 0.717) is 13.2 Å². The van der Waals surface area contributed by atoms with Gasteiger partial charge in [0.15, 0.2) is 0 Å². The van der Waals surface area contributed by atoms with Gasteiger partial charge in [-0.15, -0.1) is 0 Å². The van der Waals surface area contributed by atoms with Crippen molar-refractivity contribution in [1.82, 2.24) is 5.32 Å². The number of ether oxygens (including phenoxy) is 1. The van der Waals surface area contributed by atoms with Crippen LogP contribution in [0.5, 0.6) is 5.75 Å². The third-order valence-corrected chi connectivity index (χ3v) is 5.87. The Morgan fingerprint density at radius 1 is 1.16 bits per heavy atom. The molecule has 0 unspecified atom stereocenters. The molecule has 2 aromatic rings. The number of rotatable bonds is 7. The number of para-hydroxylation sites is 1. The van der Waals surface area contributed by atoms with E-state index < -0.39 is 0 Å². The third kappa shape index (κ3) is 5.54. The van der Waals surface area contributed by atoms with Gasteiger partial charge >= 0.3 is 0 Å². The van der Waals surface area contributed by atoms with Crippen LogP contribution in [0.15, 0.2) is 59.6 Å². The van der Waals surface area contributed by atoms with E-state index in [4.69, 9.17) is 4.74 Å². The topological polar surface area (TPSA) is 50.7 Å². The van der Waals surface area contributed by atoms with E-state index in [1.165, 1.54) is 0 Å². The Morgan fingerprint density at radius 3 is 2.76 bits per heavy atom. The maximum Gasteiger partial charge on any atom is 0.251 e. The normalized spacial score (nSPS) is 13.4. The Kier molecular flexibility index (Phi) is 6.82. The van der Waals surface area contributed by atoms with E-state index >= 15 is 0 Å². The number of hydrogen-bond donors (Lipinski definition) is 1. The highest BCUT2D eigenvalue weighted by atomic mass is 32.2. The zero-order valence-corrected chi connectivity index (χ0v) is 15.4. The molecule has 25 heavy (non-hydrogen) atoms. The zero-order chi connectivity index (χ0) is 17.3. The summed E-state index contributed by atoms with van der Waals surface area (Å²) in [6, 6.07) is 17.3. The standard InChI is InChI=1S/C19H20N2O2S2/c22-18(20-10-12-23-16-7-2-1-3-8-16)17-9-5-4-6-15(17)14-25-19-21-11-13-24-19/h1-9H,10-14H2,(H,20,22). The molecule has 0 fully saturated rings. The van der Waals surface area contributed by atoms with Crippen LogP contribution in [0.1, 0.15) is 15.9 Å². The quantitative estimate of drug-likeness (QED) is 0.751. The van der Waals surface area contributed by atoms with Crippen molar-refractivity contribution in [3.8, 4) is 5.75 Å². The average Bonchev–Trinajstić information content (AvgIpc) is 3.18. The molecule has 1 N–H and O–H groups in total. The zero-order valence-electron chi connectivity index (χ0n) is 13.8. The molecule has 1 amide bonds. The van der Waals surface area contributed by atoms with Crippen LogP contribution in [-0.4, -0.2) is 35.7 Å². The van der Waals surface area contributed by atoms with Gasteiger partial charge in [0.25, 0.3) is 5.91 Å². The molecule has 1 heterocycles. The summed E-state index contributed by atoms with van der Waals surface area (Å²) in [6.45, 7) is 1.81. The van der Waals surface area contributed by atoms with Crippen molar-refractivity contribution in [1.29, 1.82) is 0 Å². The van der Waals surface area contributed by atoms with Crippen LogP contribution in [0.2, 0.25) is 0 Å². The summed E-state index contributed by atoms with van der Waals surface area (Å²) < 4.78 is 6.72. The number of amides is 1. The van der Waals surface area contributed by atoms with Gasteiger partial charge in [-0.05, 0) is 23.8 Å². The Labute approximate surface area is 156 Å². The van der Waals surface area contributed by atoms with E-state index in [9.17, 15) is 4.79 Å². The maximum atomic E-state index is 12.5. The van der Waals surface area contributed by atoms with Crippen LogP contribution < -0.4 is 10.1 Å². The molecule has 3 rings (SSSR count). The van der Waals surface area contributed by atoms with E-state index in [-0.39, 0.29) is 5.91 Å². The fraction of sp³-hybridized carbons (Fsp3) is 0.263. The summed E-state index contributed by atoms with van der Waals surface area (Å²) in [4.78, 5) is 16.9. The molecule has 0 atom stereocenters.